The first-order valence-corrected chi connectivity index (χ1v) is 8.62. The molecule has 0 heterocycles. The van der Waals surface area contributed by atoms with E-state index in [0.717, 1.165) is 0 Å². The van der Waals surface area contributed by atoms with E-state index >= 15 is 0 Å². The molecule has 1 aliphatic carbocycles. The molecule has 2 atom stereocenters. The molecule has 0 aliphatic heterocycles. The highest BCUT2D eigenvalue weighted by Gasteiger charge is 2.31. The Balaban J connectivity index is 2.05. The van der Waals surface area contributed by atoms with Gasteiger partial charge < -0.3 is 19.9 Å². The highest BCUT2D eigenvalue weighted by Crippen LogP contribution is 2.33. The van der Waals surface area contributed by atoms with Gasteiger partial charge in [-0.1, -0.05) is 18.6 Å². The summed E-state index contributed by atoms with van der Waals surface area (Å²) in [7, 11) is 0. The lowest BCUT2D eigenvalue weighted by atomic mass is 9.81. The van der Waals surface area contributed by atoms with Crippen LogP contribution < -0.4 is 14.8 Å². The van der Waals surface area contributed by atoms with Gasteiger partial charge in [-0.05, 0) is 32.3 Å². The first-order valence-electron chi connectivity index (χ1n) is 8.62. The van der Waals surface area contributed by atoms with Crippen LogP contribution in [0.25, 0.3) is 0 Å². The van der Waals surface area contributed by atoms with E-state index in [1.165, 1.54) is 6.07 Å². The maximum atomic E-state index is 12.7. The van der Waals surface area contributed by atoms with Gasteiger partial charge in [0.2, 0.25) is 5.91 Å². The van der Waals surface area contributed by atoms with Gasteiger partial charge in [0.05, 0.1) is 12.5 Å². The fourth-order valence-corrected chi connectivity index (χ4v) is 3.17. The molecule has 2 unspecified atom stereocenters. The number of nitrogens with one attached hydrogen (secondary N) is 1. The summed E-state index contributed by atoms with van der Waals surface area (Å²) in [6.45, 7) is -1.01. The molecule has 0 radical (unpaired) electrons. The number of halogens is 2. The van der Waals surface area contributed by atoms with Crippen LogP contribution >= 0.6 is 0 Å². The van der Waals surface area contributed by atoms with E-state index in [1.54, 1.807) is 19.1 Å². The number of carbonyl (C=O) groups is 2. The van der Waals surface area contributed by atoms with Gasteiger partial charge in [0, 0.05) is 18.0 Å². The molecule has 0 saturated heterocycles. The Morgan fingerprint density at radius 1 is 1.31 bits per heavy atom. The molecule has 2 rings (SSSR count). The number of carboxylic acids is 1. The van der Waals surface area contributed by atoms with Gasteiger partial charge in [-0.15, -0.1) is 0 Å². The lowest BCUT2D eigenvalue weighted by molar-refractivity contribution is -0.144. The second-order valence-electron chi connectivity index (χ2n) is 6.17. The Hall–Kier alpha value is -2.38. The van der Waals surface area contributed by atoms with Crippen molar-refractivity contribution in [2.45, 2.75) is 45.8 Å². The van der Waals surface area contributed by atoms with E-state index in [1.807, 2.05) is 0 Å². The number of ether oxygens (including phenoxy) is 2. The van der Waals surface area contributed by atoms with E-state index in [0.29, 0.717) is 31.2 Å². The van der Waals surface area contributed by atoms with Gasteiger partial charge in [-0.25, -0.2) is 0 Å². The largest absolute Gasteiger partial charge is 0.490 e. The van der Waals surface area contributed by atoms with Crippen molar-refractivity contribution in [1.82, 2.24) is 5.32 Å². The fourth-order valence-electron chi connectivity index (χ4n) is 3.17. The van der Waals surface area contributed by atoms with Crippen LogP contribution in [0.4, 0.5) is 8.78 Å². The molecule has 0 bridgehead atoms. The van der Waals surface area contributed by atoms with E-state index in [9.17, 15) is 18.4 Å². The second kappa shape index (κ2) is 9.35. The molecule has 1 saturated carbocycles. The van der Waals surface area contributed by atoms with Gasteiger partial charge in [0.1, 0.15) is 0 Å². The van der Waals surface area contributed by atoms with Crippen LogP contribution in [0, 0.1) is 11.8 Å². The molecular weight excluding hydrogens is 348 g/mol. The Bertz CT molecular complexity index is 638. The number of hydrogen-bond acceptors (Lipinski definition) is 4. The molecule has 0 aromatic heterocycles. The lowest BCUT2D eigenvalue weighted by Gasteiger charge is -2.26. The van der Waals surface area contributed by atoms with Crippen molar-refractivity contribution in [3.8, 4) is 11.5 Å². The van der Waals surface area contributed by atoms with Gasteiger partial charge in [0.15, 0.2) is 11.5 Å². The van der Waals surface area contributed by atoms with Crippen molar-refractivity contribution in [2.24, 2.45) is 11.8 Å². The average Bonchev–Trinajstić information content (AvgIpc) is 2.61. The van der Waals surface area contributed by atoms with Crippen LogP contribution in [0.5, 0.6) is 11.5 Å². The molecule has 1 aromatic rings. The average molecular weight is 371 g/mol. The third-order valence-corrected chi connectivity index (χ3v) is 4.41. The summed E-state index contributed by atoms with van der Waals surface area (Å²) in [4.78, 5) is 23.5. The number of rotatable bonds is 8. The van der Waals surface area contributed by atoms with Crippen molar-refractivity contribution in [1.29, 1.82) is 0 Å². The summed E-state index contributed by atoms with van der Waals surface area (Å²) in [5.41, 5.74) is 0.371. The van der Waals surface area contributed by atoms with E-state index in [-0.39, 0.29) is 36.5 Å². The molecule has 2 N–H and O–H groups in total. The van der Waals surface area contributed by atoms with Crippen molar-refractivity contribution in [3.63, 3.8) is 0 Å². The normalized spacial score (nSPS) is 19.8. The summed E-state index contributed by atoms with van der Waals surface area (Å²) in [5.74, 6) is -1.99. The molecule has 1 fully saturated rings. The SMILES string of the molecule is CCOc1cccc(CNC(=O)C2CCCC(C(=O)O)C2)c1OC(F)F. The Morgan fingerprint density at radius 2 is 2.04 bits per heavy atom. The Kier molecular flexibility index (Phi) is 7.17. The minimum Gasteiger partial charge on any atom is -0.490 e. The standard InChI is InChI=1S/C18H23F2NO5/c1-2-25-14-8-4-7-13(15(14)26-18(19)20)10-21-16(22)11-5-3-6-12(9-11)17(23)24/h4,7-8,11-12,18H,2-3,5-6,9-10H2,1H3,(H,21,22)(H,23,24). The second-order valence-corrected chi connectivity index (χ2v) is 6.17. The van der Waals surface area contributed by atoms with Crippen molar-refractivity contribution >= 4 is 11.9 Å². The first kappa shape index (κ1) is 19.9. The minimum absolute atomic E-state index is 0.00393. The first-order chi connectivity index (χ1) is 12.4. The van der Waals surface area contributed by atoms with Gasteiger partial charge in [-0.2, -0.15) is 8.78 Å². The van der Waals surface area contributed by atoms with Crippen LogP contribution in [0.2, 0.25) is 0 Å². The molecule has 8 heteroatoms. The van der Waals surface area contributed by atoms with Crippen LogP contribution in [0.1, 0.15) is 38.2 Å². The summed E-state index contributed by atoms with van der Waals surface area (Å²) in [5, 5.41) is 11.8. The molecule has 1 amide bonds. The number of carboxylic acid groups (broad SMARTS) is 1. The third kappa shape index (κ3) is 5.31. The smallest absolute Gasteiger partial charge is 0.387 e. The molecule has 0 spiro atoms. The predicted octanol–water partition coefficient (Wildman–Crippen LogP) is 3.19. The van der Waals surface area contributed by atoms with Gasteiger partial charge in [0.25, 0.3) is 0 Å². The number of carbonyl (C=O) groups excluding carboxylic acids is 1. The quantitative estimate of drug-likeness (QED) is 0.733. The monoisotopic (exact) mass is 371 g/mol. The zero-order valence-electron chi connectivity index (χ0n) is 14.5. The number of amides is 1. The summed E-state index contributed by atoms with van der Waals surface area (Å²) < 4.78 is 35.3. The summed E-state index contributed by atoms with van der Waals surface area (Å²) in [6.07, 6.45) is 2.16. The predicted molar refractivity (Wildman–Crippen MR) is 89.2 cm³/mol. The zero-order chi connectivity index (χ0) is 19.1. The number of alkyl halides is 2. The minimum atomic E-state index is -3.01. The van der Waals surface area contributed by atoms with E-state index in [2.05, 4.69) is 10.1 Å². The molecule has 1 aromatic carbocycles. The molecule has 1 aliphatic rings. The molecule has 144 valence electrons. The Labute approximate surface area is 150 Å². The van der Waals surface area contributed by atoms with Crippen LogP contribution in [-0.2, 0) is 16.1 Å². The summed E-state index contributed by atoms with van der Waals surface area (Å²) >= 11 is 0. The van der Waals surface area contributed by atoms with E-state index < -0.39 is 18.5 Å². The van der Waals surface area contributed by atoms with E-state index in [4.69, 9.17) is 9.84 Å². The highest BCUT2D eigenvalue weighted by molar-refractivity contribution is 5.80. The zero-order valence-corrected chi connectivity index (χ0v) is 14.5. The highest BCUT2D eigenvalue weighted by atomic mass is 19.3. The lowest BCUT2D eigenvalue weighted by Crippen LogP contribution is -2.35. The van der Waals surface area contributed by atoms with Gasteiger partial charge in [-0.3, -0.25) is 9.59 Å². The number of hydrogen-bond donors (Lipinski definition) is 2. The van der Waals surface area contributed by atoms with Crippen molar-refractivity contribution in [2.75, 3.05) is 6.61 Å². The maximum Gasteiger partial charge on any atom is 0.387 e. The third-order valence-electron chi connectivity index (χ3n) is 4.41. The molecule has 26 heavy (non-hydrogen) atoms. The molecular formula is C18H23F2NO5. The Morgan fingerprint density at radius 3 is 2.69 bits per heavy atom. The van der Waals surface area contributed by atoms with Crippen molar-refractivity contribution in [3.05, 3.63) is 23.8 Å². The van der Waals surface area contributed by atoms with Crippen LogP contribution in [-0.4, -0.2) is 30.2 Å². The topological polar surface area (TPSA) is 84.9 Å². The van der Waals surface area contributed by atoms with Gasteiger partial charge >= 0.3 is 12.6 Å². The van der Waals surface area contributed by atoms with Crippen LogP contribution in [0.3, 0.4) is 0 Å². The summed E-state index contributed by atoms with van der Waals surface area (Å²) in [6, 6.07) is 4.72. The molecule has 6 nitrogen and oxygen atoms in total. The fraction of sp³-hybridized carbons (Fsp3) is 0.556. The number of aliphatic carboxylic acids is 1. The van der Waals surface area contributed by atoms with Crippen molar-refractivity contribution < 1.29 is 33.0 Å². The van der Waals surface area contributed by atoms with Crippen LogP contribution in [0.15, 0.2) is 18.2 Å². The number of benzene rings is 1. The maximum absolute atomic E-state index is 12.7. The number of para-hydroxylation sites is 1.